The molecular formula is C17H30N2O. The van der Waals surface area contributed by atoms with E-state index in [0.29, 0.717) is 0 Å². The van der Waals surface area contributed by atoms with E-state index in [9.17, 15) is 0 Å². The number of rotatable bonds is 5. The van der Waals surface area contributed by atoms with Gasteiger partial charge in [0.15, 0.2) is 0 Å². The molecule has 0 amide bonds. The standard InChI is InChI=1S/C17H30N2O/c1-12(2)20-15-9-13(18)8-14(10-15)19-17(6,7)11-16(3,4)5/h8-10,12,19H,11,18H2,1-7H3. The monoisotopic (exact) mass is 278 g/mol. The third-order valence-corrected chi connectivity index (χ3v) is 2.76. The first-order chi connectivity index (χ1) is 8.97. The van der Waals surface area contributed by atoms with Crippen LogP contribution in [-0.4, -0.2) is 11.6 Å². The Balaban J connectivity index is 2.88. The van der Waals surface area contributed by atoms with Crippen LogP contribution in [0.25, 0.3) is 0 Å². The lowest BCUT2D eigenvalue weighted by molar-refractivity contribution is 0.242. The number of ether oxygens (including phenoxy) is 1. The number of nitrogens with two attached hydrogens (primary N) is 1. The Bertz CT molecular complexity index is 445. The minimum atomic E-state index is 0.00113. The highest BCUT2D eigenvalue weighted by molar-refractivity contribution is 5.60. The fraction of sp³-hybridized carbons (Fsp3) is 0.647. The molecule has 3 N–H and O–H groups in total. The molecule has 1 aromatic carbocycles. The number of anilines is 2. The van der Waals surface area contributed by atoms with Gasteiger partial charge in [0.25, 0.3) is 0 Å². The van der Waals surface area contributed by atoms with Crippen LogP contribution >= 0.6 is 0 Å². The second kappa shape index (κ2) is 5.94. The van der Waals surface area contributed by atoms with E-state index in [2.05, 4.69) is 39.9 Å². The highest BCUT2D eigenvalue weighted by Gasteiger charge is 2.25. The first-order valence-corrected chi connectivity index (χ1v) is 7.32. The summed E-state index contributed by atoms with van der Waals surface area (Å²) in [6.07, 6.45) is 1.21. The number of nitrogen functional groups attached to an aromatic ring is 1. The molecule has 0 fully saturated rings. The summed E-state index contributed by atoms with van der Waals surface area (Å²) in [6.45, 7) is 15.2. The highest BCUT2D eigenvalue weighted by atomic mass is 16.5. The van der Waals surface area contributed by atoms with Crippen LogP contribution in [0.4, 0.5) is 11.4 Å². The summed E-state index contributed by atoms with van der Waals surface area (Å²) in [5.41, 5.74) is 7.96. The summed E-state index contributed by atoms with van der Waals surface area (Å²) in [6, 6.07) is 5.83. The van der Waals surface area contributed by atoms with Gasteiger partial charge >= 0.3 is 0 Å². The fourth-order valence-electron chi connectivity index (χ4n) is 2.80. The Morgan fingerprint density at radius 3 is 2.20 bits per heavy atom. The van der Waals surface area contributed by atoms with Gasteiger partial charge in [-0.05, 0) is 45.6 Å². The second-order valence-corrected chi connectivity index (χ2v) is 7.70. The van der Waals surface area contributed by atoms with Crippen LogP contribution in [0.15, 0.2) is 18.2 Å². The van der Waals surface area contributed by atoms with Crippen LogP contribution in [0, 0.1) is 5.41 Å². The Hall–Kier alpha value is -1.38. The van der Waals surface area contributed by atoms with Gasteiger partial charge in [0.2, 0.25) is 0 Å². The van der Waals surface area contributed by atoms with Crippen molar-refractivity contribution >= 4 is 11.4 Å². The van der Waals surface area contributed by atoms with Gasteiger partial charge < -0.3 is 15.8 Å². The van der Waals surface area contributed by atoms with E-state index in [1.54, 1.807) is 0 Å². The summed E-state index contributed by atoms with van der Waals surface area (Å²) in [5, 5.41) is 3.57. The zero-order valence-corrected chi connectivity index (χ0v) is 14.0. The molecule has 1 aromatic rings. The molecule has 1 rings (SSSR count). The maximum atomic E-state index is 5.96. The normalized spacial score (nSPS) is 12.6. The number of hydrogen-bond acceptors (Lipinski definition) is 3. The van der Waals surface area contributed by atoms with E-state index in [0.717, 1.165) is 23.5 Å². The van der Waals surface area contributed by atoms with Crippen LogP contribution in [0.3, 0.4) is 0 Å². The summed E-state index contributed by atoms with van der Waals surface area (Å²) < 4.78 is 5.73. The Morgan fingerprint density at radius 2 is 1.70 bits per heavy atom. The molecule has 0 radical (unpaired) electrons. The molecule has 3 nitrogen and oxygen atoms in total. The first kappa shape index (κ1) is 16.7. The van der Waals surface area contributed by atoms with Gasteiger partial charge in [0.05, 0.1) is 6.10 Å². The molecule has 3 heteroatoms. The lowest BCUT2D eigenvalue weighted by Gasteiger charge is -2.34. The SMILES string of the molecule is CC(C)Oc1cc(N)cc(NC(C)(C)CC(C)(C)C)c1. The number of hydrogen-bond donors (Lipinski definition) is 2. The van der Waals surface area contributed by atoms with Crippen molar-refractivity contribution in [3.63, 3.8) is 0 Å². The molecule has 0 saturated carbocycles. The van der Waals surface area contributed by atoms with Crippen molar-refractivity contribution in [2.75, 3.05) is 11.1 Å². The van der Waals surface area contributed by atoms with Crippen molar-refractivity contribution in [3.05, 3.63) is 18.2 Å². The maximum Gasteiger partial charge on any atom is 0.123 e. The third kappa shape index (κ3) is 6.18. The van der Waals surface area contributed by atoms with Gasteiger partial charge in [-0.3, -0.25) is 0 Å². The van der Waals surface area contributed by atoms with Gasteiger partial charge in [0, 0.05) is 29.0 Å². The van der Waals surface area contributed by atoms with E-state index in [4.69, 9.17) is 10.5 Å². The predicted molar refractivity (Wildman–Crippen MR) is 88.4 cm³/mol. The third-order valence-electron chi connectivity index (χ3n) is 2.76. The van der Waals surface area contributed by atoms with Crippen molar-refractivity contribution in [2.45, 2.75) is 66.5 Å². The van der Waals surface area contributed by atoms with Gasteiger partial charge in [-0.15, -0.1) is 0 Å². The van der Waals surface area contributed by atoms with Crippen LogP contribution < -0.4 is 15.8 Å². The topological polar surface area (TPSA) is 47.3 Å². The van der Waals surface area contributed by atoms with Gasteiger partial charge in [-0.1, -0.05) is 20.8 Å². The molecule has 114 valence electrons. The molecular weight excluding hydrogens is 248 g/mol. The molecule has 0 unspecified atom stereocenters. The van der Waals surface area contributed by atoms with Crippen molar-refractivity contribution < 1.29 is 4.74 Å². The molecule has 0 heterocycles. The fourth-order valence-corrected chi connectivity index (χ4v) is 2.80. The van der Waals surface area contributed by atoms with Crippen LogP contribution in [-0.2, 0) is 0 Å². The van der Waals surface area contributed by atoms with E-state index < -0.39 is 0 Å². The molecule has 0 saturated heterocycles. The molecule has 0 aliphatic rings. The van der Waals surface area contributed by atoms with E-state index in [1.165, 1.54) is 0 Å². The average molecular weight is 278 g/mol. The van der Waals surface area contributed by atoms with Crippen LogP contribution in [0.1, 0.15) is 54.9 Å². The van der Waals surface area contributed by atoms with Crippen molar-refractivity contribution in [1.29, 1.82) is 0 Å². The molecule has 20 heavy (non-hydrogen) atoms. The van der Waals surface area contributed by atoms with E-state index >= 15 is 0 Å². The number of benzene rings is 1. The Kier molecular flexibility index (Phi) is 4.95. The minimum Gasteiger partial charge on any atom is -0.491 e. The lowest BCUT2D eigenvalue weighted by atomic mass is 9.81. The Labute approximate surface area is 123 Å². The molecule has 0 bridgehead atoms. The number of nitrogens with one attached hydrogen (secondary N) is 1. The zero-order chi connectivity index (χ0) is 15.6. The summed E-state index contributed by atoms with van der Waals surface area (Å²) in [7, 11) is 0. The molecule has 0 atom stereocenters. The average Bonchev–Trinajstić information content (AvgIpc) is 2.08. The van der Waals surface area contributed by atoms with Gasteiger partial charge in [0.1, 0.15) is 5.75 Å². The van der Waals surface area contributed by atoms with Gasteiger partial charge in [-0.2, -0.15) is 0 Å². The van der Waals surface area contributed by atoms with E-state index in [-0.39, 0.29) is 17.1 Å². The van der Waals surface area contributed by atoms with Crippen LogP contribution in [0.2, 0.25) is 0 Å². The smallest absolute Gasteiger partial charge is 0.123 e. The molecule has 0 aliphatic carbocycles. The highest BCUT2D eigenvalue weighted by Crippen LogP contribution is 2.31. The maximum absolute atomic E-state index is 5.96. The second-order valence-electron chi connectivity index (χ2n) is 7.70. The van der Waals surface area contributed by atoms with E-state index in [1.807, 2.05) is 32.0 Å². The predicted octanol–water partition coefficient (Wildman–Crippen LogP) is 4.68. The largest absolute Gasteiger partial charge is 0.491 e. The first-order valence-electron chi connectivity index (χ1n) is 7.32. The summed E-state index contributed by atoms with van der Waals surface area (Å²) in [5.74, 6) is 0.814. The molecule has 0 aliphatic heterocycles. The van der Waals surface area contributed by atoms with Crippen molar-refractivity contribution in [3.8, 4) is 5.75 Å². The summed E-state index contributed by atoms with van der Waals surface area (Å²) in [4.78, 5) is 0. The van der Waals surface area contributed by atoms with Gasteiger partial charge in [-0.25, -0.2) is 0 Å². The minimum absolute atomic E-state index is 0.00113. The lowest BCUT2D eigenvalue weighted by Crippen LogP contribution is -2.35. The summed E-state index contributed by atoms with van der Waals surface area (Å²) >= 11 is 0. The molecule has 0 aromatic heterocycles. The Morgan fingerprint density at radius 1 is 1.10 bits per heavy atom. The quantitative estimate of drug-likeness (QED) is 0.769. The van der Waals surface area contributed by atoms with Crippen LogP contribution in [0.5, 0.6) is 5.75 Å². The zero-order valence-electron chi connectivity index (χ0n) is 14.0. The van der Waals surface area contributed by atoms with Crippen molar-refractivity contribution in [2.24, 2.45) is 5.41 Å². The molecule has 0 spiro atoms. The van der Waals surface area contributed by atoms with Crippen molar-refractivity contribution in [1.82, 2.24) is 0 Å².